The van der Waals surface area contributed by atoms with Crippen molar-refractivity contribution in [2.24, 2.45) is 16.1 Å². The van der Waals surface area contributed by atoms with E-state index in [-0.39, 0.29) is 12.5 Å². The summed E-state index contributed by atoms with van der Waals surface area (Å²) in [5.41, 5.74) is 1.71. The van der Waals surface area contributed by atoms with Gasteiger partial charge < -0.3 is 13.9 Å². The molecule has 2 heterocycles. The number of carbonyl (C=O) groups excluding carboxylic acids is 1. The zero-order chi connectivity index (χ0) is 25.5. The van der Waals surface area contributed by atoms with Crippen molar-refractivity contribution in [2.45, 2.75) is 20.4 Å². The van der Waals surface area contributed by atoms with Gasteiger partial charge in [0.1, 0.15) is 5.76 Å². The molecule has 1 aliphatic rings. The highest BCUT2D eigenvalue weighted by Gasteiger charge is 2.34. The molecule has 1 aromatic heterocycles. The summed E-state index contributed by atoms with van der Waals surface area (Å²) in [6.07, 6.45) is 5.05. The zero-order valence-electron chi connectivity index (χ0n) is 20.2. The van der Waals surface area contributed by atoms with Gasteiger partial charge in [-0.1, -0.05) is 48.0 Å². The molecule has 0 bridgehead atoms. The Bertz CT molecular complexity index is 1300. The molecule has 0 radical (unpaired) electrons. The first kappa shape index (κ1) is 25.8. The fourth-order valence-corrected chi connectivity index (χ4v) is 4.67. The summed E-state index contributed by atoms with van der Waals surface area (Å²) < 4.78 is 17.8. The standard InChI is InChI=1S/C27H26BrN3O4S/c1-18(2)17-35-23-10-9-19(13-24(23)33-3)14-25-26(32)31(16-22-8-5-11-34-22)27(36-25)30-29-15-20-6-4-7-21(28)12-20/h4-15,18H,16-17H2,1-3H3/b25-14-,29-15+,30-27-. The molecule has 1 aliphatic heterocycles. The van der Waals surface area contributed by atoms with Crippen LogP contribution >= 0.6 is 27.7 Å². The van der Waals surface area contributed by atoms with Crippen LogP contribution in [0.15, 0.2) is 84.9 Å². The Morgan fingerprint density at radius 3 is 2.69 bits per heavy atom. The van der Waals surface area contributed by atoms with Crippen LogP contribution in [-0.2, 0) is 11.3 Å². The largest absolute Gasteiger partial charge is 0.493 e. The van der Waals surface area contributed by atoms with Crippen LogP contribution in [0.25, 0.3) is 6.08 Å². The van der Waals surface area contributed by atoms with Crippen LogP contribution in [0.3, 0.4) is 0 Å². The first-order valence-corrected chi connectivity index (χ1v) is 12.9. The predicted octanol–water partition coefficient (Wildman–Crippen LogP) is 6.59. The molecule has 1 amide bonds. The number of halogens is 1. The minimum Gasteiger partial charge on any atom is -0.493 e. The normalized spacial score (nSPS) is 16.1. The Morgan fingerprint density at radius 1 is 1.11 bits per heavy atom. The SMILES string of the molecule is COc1cc(/C=C2\S/C(=N\N=C\c3cccc(Br)c3)N(Cc3ccco3)C2=O)ccc1OCC(C)C. The van der Waals surface area contributed by atoms with Gasteiger partial charge in [0.05, 0.1) is 37.6 Å². The summed E-state index contributed by atoms with van der Waals surface area (Å²) in [5, 5.41) is 9.05. The maximum absolute atomic E-state index is 13.3. The minimum atomic E-state index is -0.174. The highest BCUT2D eigenvalue weighted by atomic mass is 79.9. The number of amides is 1. The second kappa shape index (κ2) is 12.1. The molecule has 0 aliphatic carbocycles. The number of hydrogen-bond acceptors (Lipinski definition) is 7. The Morgan fingerprint density at radius 2 is 1.97 bits per heavy atom. The number of benzene rings is 2. The maximum Gasteiger partial charge on any atom is 0.267 e. The van der Waals surface area contributed by atoms with Crippen molar-refractivity contribution in [3.63, 3.8) is 0 Å². The second-order valence-corrected chi connectivity index (χ2v) is 10.3. The number of ether oxygens (including phenoxy) is 2. The van der Waals surface area contributed by atoms with Gasteiger partial charge in [-0.3, -0.25) is 9.69 Å². The number of nitrogens with zero attached hydrogens (tertiary/aromatic N) is 3. The summed E-state index contributed by atoms with van der Waals surface area (Å²) >= 11 is 4.72. The molecule has 2 aromatic carbocycles. The fraction of sp³-hybridized carbons (Fsp3) is 0.222. The number of carbonyl (C=O) groups is 1. The Hall–Kier alpha value is -3.30. The number of amidine groups is 1. The first-order valence-electron chi connectivity index (χ1n) is 11.3. The second-order valence-electron chi connectivity index (χ2n) is 8.38. The molecule has 0 unspecified atom stereocenters. The van der Waals surface area contributed by atoms with Crippen LogP contribution in [0.4, 0.5) is 0 Å². The number of thioether (sulfide) groups is 1. The number of hydrogen-bond donors (Lipinski definition) is 0. The monoisotopic (exact) mass is 567 g/mol. The van der Waals surface area contributed by atoms with Crippen molar-refractivity contribution in [2.75, 3.05) is 13.7 Å². The van der Waals surface area contributed by atoms with Gasteiger partial charge in [-0.15, -0.1) is 5.10 Å². The van der Waals surface area contributed by atoms with Crippen molar-refractivity contribution in [1.29, 1.82) is 0 Å². The quantitative estimate of drug-likeness (QED) is 0.165. The third-order valence-corrected chi connectivity index (χ3v) is 6.53. The highest BCUT2D eigenvalue weighted by Crippen LogP contribution is 2.35. The lowest BCUT2D eigenvalue weighted by molar-refractivity contribution is -0.122. The highest BCUT2D eigenvalue weighted by molar-refractivity contribution is 9.10. The third kappa shape index (κ3) is 6.67. The molecule has 186 valence electrons. The lowest BCUT2D eigenvalue weighted by Gasteiger charge is -2.13. The van der Waals surface area contributed by atoms with E-state index in [1.165, 1.54) is 11.8 Å². The summed E-state index contributed by atoms with van der Waals surface area (Å²) in [6.45, 7) is 5.02. The van der Waals surface area contributed by atoms with E-state index in [1.807, 2.05) is 54.6 Å². The minimum absolute atomic E-state index is 0.174. The van der Waals surface area contributed by atoms with Gasteiger partial charge in [0.25, 0.3) is 5.91 Å². The van der Waals surface area contributed by atoms with E-state index >= 15 is 0 Å². The Kier molecular flexibility index (Phi) is 8.66. The van der Waals surface area contributed by atoms with Crippen LogP contribution < -0.4 is 9.47 Å². The van der Waals surface area contributed by atoms with Crippen molar-refractivity contribution in [3.8, 4) is 11.5 Å². The van der Waals surface area contributed by atoms with Crippen molar-refractivity contribution < 1.29 is 18.7 Å². The summed E-state index contributed by atoms with van der Waals surface area (Å²) in [4.78, 5) is 15.4. The molecule has 36 heavy (non-hydrogen) atoms. The van der Waals surface area contributed by atoms with Crippen LogP contribution in [0, 0.1) is 5.92 Å². The summed E-state index contributed by atoms with van der Waals surface area (Å²) in [7, 11) is 1.60. The molecule has 1 fully saturated rings. The molecular weight excluding hydrogens is 542 g/mol. The molecule has 0 saturated carbocycles. The van der Waals surface area contributed by atoms with E-state index in [2.05, 4.69) is 40.0 Å². The molecule has 0 N–H and O–H groups in total. The number of furan rings is 1. The van der Waals surface area contributed by atoms with E-state index in [4.69, 9.17) is 13.9 Å². The first-order chi connectivity index (χ1) is 17.4. The van der Waals surface area contributed by atoms with E-state index in [9.17, 15) is 4.79 Å². The topological polar surface area (TPSA) is 76.6 Å². The van der Waals surface area contributed by atoms with E-state index in [0.29, 0.717) is 39.9 Å². The van der Waals surface area contributed by atoms with Crippen molar-refractivity contribution in [1.82, 2.24) is 4.90 Å². The van der Waals surface area contributed by atoms with Gasteiger partial charge in [-0.05, 0) is 71.3 Å². The fourth-order valence-electron chi connectivity index (χ4n) is 3.31. The average Bonchev–Trinajstić information content (AvgIpc) is 3.47. The molecule has 9 heteroatoms. The van der Waals surface area contributed by atoms with Gasteiger partial charge in [-0.25, -0.2) is 0 Å². The molecular formula is C27H26BrN3O4S. The molecule has 7 nitrogen and oxygen atoms in total. The molecule has 1 saturated heterocycles. The smallest absolute Gasteiger partial charge is 0.267 e. The zero-order valence-corrected chi connectivity index (χ0v) is 22.6. The summed E-state index contributed by atoms with van der Waals surface area (Å²) in [5.74, 6) is 2.16. The van der Waals surface area contributed by atoms with Crippen LogP contribution in [0.1, 0.15) is 30.7 Å². The van der Waals surface area contributed by atoms with Crippen LogP contribution in [0.5, 0.6) is 11.5 Å². The predicted molar refractivity (Wildman–Crippen MR) is 147 cm³/mol. The average molecular weight is 568 g/mol. The van der Waals surface area contributed by atoms with Crippen LogP contribution in [0.2, 0.25) is 0 Å². The molecule has 0 spiro atoms. The van der Waals surface area contributed by atoms with E-state index < -0.39 is 0 Å². The lowest BCUT2D eigenvalue weighted by Crippen LogP contribution is -2.28. The third-order valence-electron chi connectivity index (χ3n) is 5.04. The van der Waals surface area contributed by atoms with Crippen molar-refractivity contribution in [3.05, 3.63) is 87.1 Å². The Labute approximate surface area is 223 Å². The van der Waals surface area contributed by atoms with Crippen LogP contribution in [-0.4, -0.2) is 35.9 Å². The molecule has 3 aromatic rings. The lowest BCUT2D eigenvalue weighted by atomic mass is 10.1. The molecule has 4 rings (SSSR count). The van der Waals surface area contributed by atoms with E-state index in [1.54, 1.807) is 30.6 Å². The van der Waals surface area contributed by atoms with Gasteiger partial charge in [0, 0.05) is 4.47 Å². The van der Waals surface area contributed by atoms with Gasteiger partial charge in [-0.2, -0.15) is 5.10 Å². The van der Waals surface area contributed by atoms with Gasteiger partial charge >= 0.3 is 0 Å². The van der Waals surface area contributed by atoms with Crippen molar-refractivity contribution >= 4 is 51.1 Å². The molecule has 0 atom stereocenters. The maximum atomic E-state index is 13.3. The van der Waals surface area contributed by atoms with E-state index in [0.717, 1.165) is 15.6 Å². The van der Waals surface area contributed by atoms with Gasteiger partial charge in [0.2, 0.25) is 0 Å². The number of methoxy groups -OCH3 is 1. The number of rotatable bonds is 9. The van der Waals surface area contributed by atoms with Gasteiger partial charge in [0.15, 0.2) is 16.7 Å². The Balaban J connectivity index is 1.60. The summed E-state index contributed by atoms with van der Waals surface area (Å²) in [6, 6.07) is 16.9.